The summed E-state index contributed by atoms with van der Waals surface area (Å²) in [6.45, 7) is 1.09. The molecule has 3 N–H and O–H groups in total. The van der Waals surface area contributed by atoms with Gasteiger partial charge in [-0.15, -0.1) is 0 Å². The van der Waals surface area contributed by atoms with E-state index in [1.54, 1.807) is 24.3 Å². The Morgan fingerprint density at radius 2 is 1.85 bits per heavy atom. The lowest BCUT2D eigenvalue weighted by atomic mass is 9.91. The van der Waals surface area contributed by atoms with Crippen LogP contribution in [0.5, 0.6) is 5.75 Å². The van der Waals surface area contributed by atoms with E-state index in [4.69, 9.17) is 25.1 Å². The van der Waals surface area contributed by atoms with E-state index in [-0.39, 0.29) is 25.5 Å². The van der Waals surface area contributed by atoms with Crippen molar-refractivity contribution in [3.05, 3.63) is 106 Å². The SMILES string of the molecule is [N-]=[N+]=Nc1ccccc1C[C@@]1(C(=O)NNCCCc2ccccc2)COC(c2ccc(OCCCO)cc2)=N1. The maximum atomic E-state index is 13.5. The Bertz CT molecular complexity index is 1310. The maximum absolute atomic E-state index is 13.5. The van der Waals surface area contributed by atoms with E-state index in [2.05, 4.69) is 33.0 Å². The molecule has 1 heterocycles. The van der Waals surface area contributed by atoms with E-state index < -0.39 is 5.54 Å². The Morgan fingerprint density at radius 3 is 2.62 bits per heavy atom. The second-order valence-corrected chi connectivity index (χ2v) is 9.15. The van der Waals surface area contributed by atoms with Gasteiger partial charge in [0.15, 0.2) is 5.54 Å². The predicted octanol–water partition coefficient (Wildman–Crippen LogP) is 4.40. The number of benzene rings is 3. The monoisotopic (exact) mass is 528 g/mol. The third-order valence-electron chi connectivity index (χ3n) is 6.30. The first-order valence-corrected chi connectivity index (χ1v) is 12.9. The topological polar surface area (TPSA) is 141 Å². The van der Waals surface area contributed by atoms with Crippen LogP contribution < -0.4 is 15.6 Å². The largest absolute Gasteiger partial charge is 0.494 e. The zero-order chi connectivity index (χ0) is 27.3. The highest BCUT2D eigenvalue weighted by molar-refractivity contribution is 6.00. The zero-order valence-corrected chi connectivity index (χ0v) is 21.6. The van der Waals surface area contributed by atoms with Gasteiger partial charge in [-0.2, -0.15) is 0 Å². The summed E-state index contributed by atoms with van der Waals surface area (Å²) in [6, 6.07) is 24.5. The summed E-state index contributed by atoms with van der Waals surface area (Å²) in [4.78, 5) is 21.2. The lowest BCUT2D eigenvalue weighted by molar-refractivity contribution is -0.127. The number of azide groups is 1. The molecule has 10 nitrogen and oxygen atoms in total. The molecule has 3 aromatic carbocycles. The third-order valence-corrected chi connectivity index (χ3v) is 6.30. The summed E-state index contributed by atoms with van der Waals surface area (Å²) >= 11 is 0. The molecule has 1 atom stereocenters. The van der Waals surface area contributed by atoms with Crippen LogP contribution in [0, 0.1) is 0 Å². The molecule has 0 bridgehead atoms. The van der Waals surface area contributed by atoms with Gasteiger partial charge in [0.05, 0.1) is 6.61 Å². The number of aryl methyl sites for hydroxylation is 1. The summed E-state index contributed by atoms with van der Waals surface area (Å²) in [5.74, 6) is 0.673. The van der Waals surface area contributed by atoms with Crippen molar-refractivity contribution in [3.63, 3.8) is 0 Å². The summed E-state index contributed by atoms with van der Waals surface area (Å²) in [5, 5.41) is 12.7. The number of hydrogen-bond donors (Lipinski definition) is 3. The van der Waals surface area contributed by atoms with Gasteiger partial charge in [0.2, 0.25) is 5.90 Å². The Morgan fingerprint density at radius 1 is 1.08 bits per heavy atom. The van der Waals surface area contributed by atoms with Crippen molar-refractivity contribution in [2.24, 2.45) is 10.1 Å². The Hall–Kier alpha value is -4.37. The number of nitrogens with zero attached hydrogens (tertiary/aromatic N) is 4. The first-order chi connectivity index (χ1) is 19.1. The minimum atomic E-state index is -1.26. The third kappa shape index (κ3) is 7.58. The van der Waals surface area contributed by atoms with Crippen LogP contribution in [0.25, 0.3) is 10.4 Å². The minimum absolute atomic E-state index is 0.0270. The molecule has 0 saturated carbocycles. The molecule has 3 aromatic rings. The standard InChI is InChI=1S/C29H32N6O4/c30-35-33-26-12-5-4-11-24(26)20-29(28(37)34-31-17-6-10-22-8-2-1-3-9-22)21-39-27(32-29)23-13-15-25(16-14-23)38-19-7-18-36/h1-5,8-9,11-16,31,36H,6-7,10,17-21H2,(H,34,37)/t29-/m0/s1. The molecule has 0 aliphatic carbocycles. The van der Waals surface area contributed by atoms with Crippen molar-refractivity contribution in [3.8, 4) is 5.75 Å². The fourth-order valence-corrected chi connectivity index (χ4v) is 4.24. The number of amides is 1. The van der Waals surface area contributed by atoms with E-state index in [9.17, 15) is 4.79 Å². The molecule has 0 fully saturated rings. The molecule has 4 rings (SSSR count). The Kier molecular flexibility index (Phi) is 9.91. The molecule has 0 spiro atoms. The number of aliphatic hydroxyl groups is 1. The van der Waals surface area contributed by atoms with Crippen LogP contribution >= 0.6 is 0 Å². The highest BCUT2D eigenvalue weighted by Crippen LogP contribution is 2.31. The molecule has 0 saturated heterocycles. The first-order valence-electron chi connectivity index (χ1n) is 12.9. The normalized spacial score (nSPS) is 16.1. The van der Waals surface area contributed by atoms with Gasteiger partial charge in [-0.05, 0) is 53.8 Å². The molecular weight excluding hydrogens is 496 g/mol. The van der Waals surface area contributed by atoms with Crippen LogP contribution in [0.3, 0.4) is 0 Å². The summed E-state index contributed by atoms with van der Waals surface area (Å²) < 4.78 is 11.6. The van der Waals surface area contributed by atoms with Gasteiger partial charge in [0.25, 0.3) is 5.91 Å². The Balaban J connectivity index is 1.49. The second kappa shape index (κ2) is 14.0. The van der Waals surface area contributed by atoms with E-state index in [1.165, 1.54) is 5.56 Å². The highest BCUT2D eigenvalue weighted by atomic mass is 16.5. The number of carbonyl (C=O) groups excluding carboxylic acids is 1. The maximum Gasteiger partial charge on any atom is 0.266 e. The first kappa shape index (κ1) is 27.7. The van der Waals surface area contributed by atoms with Gasteiger partial charge in [0.1, 0.15) is 12.4 Å². The zero-order valence-electron chi connectivity index (χ0n) is 21.6. The van der Waals surface area contributed by atoms with Crippen molar-refractivity contribution in [1.29, 1.82) is 0 Å². The molecule has 1 aliphatic rings. The molecule has 1 amide bonds. The molecule has 1 aliphatic heterocycles. The van der Waals surface area contributed by atoms with Crippen LogP contribution in [0.2, 0.25) is 0 Å². The molecule has 0 aromatic heterocycles. The smallest absolute Gasteiger partial charge is 0.266 e. The van der Waals surface area contributed by atoms with Gasteiger partial charge in [-0.25, -0.2) is 10.4 Å². The number of rotatable bonds is 14. The predicted molar refractivity (Wildman–Crippen MR) is 149 cm³/mol. The minimum Gasteiger partial charge on any atom is -0.494 e. The second-order valence-electron chi connectivity index (χ2n) is 9.15. The van der Waals surface area contributed by atoms with Crippen LogP contribution in [-0.4, -0.2) is 48.8 Å². The molecule has 0 unspecified atom stereocenters. The van der Waals surface area contributed by atoms with Crippen molar-refractivity contribution in [2.45, 2.75) is 31.2 Å². The fraction of sp³-hybridized carbons (Fsp3) is 0.310. The van der Waals surface area contributed by atoms with Gasteiger partial charge >= 0.3 is 0 Å². The number of nitrogens with one attached hydrogen (secondary N) is 2. The van der Waals surface area contributed by atoms with Gasteiger partial charge in [0, 0.05) is 42.2 Å². The average Bonchev–Trinajstić information content (AvgIpc) is 3.40. The van der Waals surface area contributed by atoms with E-state index in [0.29, 0.717) is 48.0 Å². The van der Waals surface area contributed by atoms with Crippen molar-refractivity contribution < 1.29 is 19.4 Å². The van der Waals surface area contributed by atoms with E-state index in [1.807, 2.05) is 42.5 Å². The average molecular weight is 529 g/mol. The van der Waals surface area contributed by atoms with Gasteiger partial charge < -0.3 is 14.6 Å². The molecule has 10 heteroatoms. The Labute approximate surface area is 227 Å². The summed E-state index contributed by atoms with van der Waals surface area (Å²) in [7, 11) is 0. The van der Waals surface area contributed by atoms with Gasteiger partial charge in [-0.1, -0.05) is 59.7 Å². The molecule has 39 heavy (non-hydrogen) atoms. The summed E-state index contributed by atoms with van der Waals surface area (Å²) in [5.41, 5.74) is 16.7. The number of hydrogen-bond acceptors (Lipinski definition) is 7. The number of ether oxygens (including phenoxy) is 2. The number of hydrazine groups is 1. The van der Waals surface area contributed by atoms with Crippen molar-refractivity contribution in [2.75, 3.05) is 26.4 Å². The van der Waals surface area contributed by atoms with Crippen LogP contribution in [-0.2, 0) is 22.4 Å². The molecular formula is C29H32N6O4. The number of carbonyl (C=O) groups is 1. The van der Waals surface area contributed by atoms with Crippen molar-refractivity contribution in [1.82, 2.24) is 10.9 Å². The van der Waals surface area contributed by atoms with Crippen LogP contribution in [0.1, 0.15) is 29.5 Å². The number of aliphatic imine (C=N–C) groups is 1. The lowest BCUT2D eigenvalue weighted by Gasteiger charge is -2.24. The van der Waals surface area contributed by atoms with E-state index in [0.717, 1.165) is 12.8 Å². The molecule has 0 radical (unpaired) electrons. The van der Waals surface area contributed by atoms with Crippen LogP contribution in [0.15, 0.2) is 89.0 Å². The molecule has 202 valence electrons. The number of aliphatic hydroxyl groups excluding tert-OH is 1. The van der Waals surface area contributed by atoms with Gasteiger partial charge in [-0.3, -0.25) is 10.2 Å². The quantitative estimate of drug-likeness (QED) is 0.0935. The highest BCUT2D eigenvalue weighted by Gasteiger charge is 2.45. The fourth-order valence-electron chi connectivity index (χ4n) is 4.24. The lowest BCUT2D eigenvalue weighted by Crippen LogP contribution is -2.53. The summed E-state index contributed by atoms with van der Waals surface area (Å²) in [6.07, 6.45) is 2.46. The van der Waals surface area contributed by atoms with Crippen LogP contribution in [0.4, 0.5) is 5.69 Å². The van der Waals surface area contributed by atoms with Crippen molar-refractivity contribution >= 4 is 17.5 Å². The van der Waals surface area contributed by atoms with E-state index >= 15 is 0 Å².